The van der Waals surface area contributed by atoms with E-state index in [0.29, 0.717) is 22.5 Å². The molecule has 0 radical (unpaired) electrons. The number of aromatic nitrogens is 3. The molecule has 0 saturated heterocycles. The molecule has 0 saturated carbocycles. The standard InChI is InChI=1S/C22H23ClN4O2S/c1-4-11-27-20(13-29-19-10-9-17(23)12-16(19)3)25-26-22(27)30-14-21(28)24-18-8-6-5-7-15(18)2/h4-10,12H,1,11,13-14H2,2-3H3,(H,24,28). The van der Waals surface area contributed by atoms with Crippen LogP contribution in [0.4, 0.5) is 5.69 Å². The molecule has 8 heteroatoms. The molecule has 0 bridgehead atoms. The molecular formula is C22H23ClN4O2S. The number of carbonyl (C=O) groups is 1. The van der Waals surface area contributed by atoms with Gasteiger partial charge in [-0.25, -0.2) is 0 Å². The van der Waals surface area contributed by atoms with Gasteiger partial charge in [-0.1, -0.05) is 47.6 Å². The van der Waals surface area contributed by atoms with E-state index in [9.17, 15) is 4.79 Å². The second-order valence-corrected chi connectivity index (χ2v) is 8.03. The highest BCUT2D eigenvalue weighted by molar-refractivity contribution is 7.99. The van der Waals surface area contributed by atoms with Crippen LogP contribution in [0, 0.1) is 13.8 Å². The summed E-state index contributed by atoms with van der Waals surface area (Å²) in [5.74, 6) is 1.52. The number of carbonyl (C=O) groups excluding carboxylic acids is 1. The molecule has 6 nitrogen and oxygen atoms in total. The second-order valence-electron chi connectivity index (χ2n) is 6.65. The highest BCUT2D eigenvalue weighted by Crippen LogP contribution is 2.24. The van der Waals surface area contributed by atoms with Gasteiger partial charge in [-0.3, -0.25) is 9.36 Å². The molecule has 3 aromatic rings. The van der Waals surface area contributed by atoms with E-state index in [2.05, 4.69) is 22.1 Å². The Bertz CT molecular complexity index is 1050. The molecule has 0 aliphatic carbocycles. The van der Waals surface area contributed by atoms with Crippen LogP contribution in [0.5, 0.6) is 5.75 Å². The average Bonchev–Trinajstić information content (AvgIpc) is 3.09. The van der Waals surface area contributed by atoms with E-state index < -0.39 is 0 Å². The summed E-state index contributed by atoms with van der Waals surface area (Å²) >= 11 is 7.32. The van der Waals surface area contributed by atoms with Crippen LogP contribution in [0.25, 0.3) is 0 Å². The van der Waals surface area contributed by atoms with Crippen molar-refractivity contribution in [3.05, 3.63) is 77.1 Å². The Kier molecular flexibility index (Phi) is 7.54. The Morgan fingerprint density at radius 1 is 1.23 bits per heavy atom. The van der Waals surface area contributed by atoms with Crippen molar-refractivity contribution >= 4 is 35.0 Å². The molecule has 1 amide bonds. The lowest BCUT2D eigenvalue weighted by atomic mass is 10.2. The van der Waals surface area contributed by atoms with Crippen molar-refractivity contribution < 1.29 is 9.53 Å². The van der Waals surface area contributed by atoms with E-state index in [-0.39, 0.29) is 18.3 Å². The number of thioether (sulfide) groups is 1. The molecule has 1 N–H and O–H groups in total. The number of aryl methyl sites for hydroxylation is 2. The number of nitrogens with one attached hydrogen (secondary N) is 1. The van der Waals surface area contributed by atoms with E-state index in [0.717, 1.165) is 22.6 Å². The third kappa shape index (κ3) is 5.64. The monoisotopic (exact) mass is 442 g/mol. The van der Waals surface area contributed by atoms with Gasteiger partial charge in [0.05, 0.1) is 5.75 Å². The van der Waals surface area contributed by atoms with Crippen LogP contribution in [0.15, 0.2) is 60.3 Å². The van der Waals surface area contributed by atoms with Crippen molar-refractivity contribution in [1.29, 1.82) is 0 Å². The Balaban J connectivity index is 1.64. The Labute approximate surface area is 185 Å². The Hall–Kier alpha value is -2.77. The molecule has 1 heterocycles. The quantitative estimate of drug-likeness (QED) is 0.371. The zero-order valence-corrected chi connectivity index (χ0v) is 18.5. The second kappa shape index (κ2) is 10.3. The maximum absolute atomic E-state index is 12.3. The molecule has 0 unspecified atom stereocenters. The molecule has 3 rings (SSSR count). The number of nitrogens with zero attached hydrogens (tertiary/aromatic N) is 3. The number of hydrogen-bond acceptors (Lipinski definition) is 5. The summed E-state index contributed by atoms with van der Waals surface area (Å²) < 4.78 is 7.78. The predicted molar refractivity (Wildman–Crippen MR) is 121 cm³/mol. The number of allylic oxidation sites excluding steroid dienone is 1. The first-order valence-corrected chi connectivity index (χ1v) is 10.7. The van der Waals surface area contributed by atoms with Crippen LogP contribution < -0.4 is 10.1 Å². The third-order valence-electron chi connectivity index (χ3n) is 4.35. The highest BCUT2D eigenvalue weighted by Gasteiger charge is 2.15. The van der Waals surface area contributed by atoms with Gasteiger partial charge in [0.25, 0.3) is 0 Å². The van der Waals surface area contributed by atoms with E-state index in [4.69, 9.17) is 16.3 Å². The summed E-state index contributed by atoms with van der Waals surface area (Å²) in [6, 6.07) is 13.1. The number of para-hydroxylation sites is 1. The molecule has 2 aromatic carbocycles. The van der Waals surface area contributed by atoms with Crippen LogP contribution in [0.3, 0.4) is 0 Å². The van der Waals surface area contributed by atoms with E-state index in [1.807, 2.05) is 54.8 Å². The normalized spacial score (nSPS) is 10.6. The number of halogens is 1. The molecule has 0 aliphatic heterocycles. The van der Waals surface area contributed by atoms with Gasteiger partial charge in [0.2, 0.25) is 5.91 Å². The van der Waals surface area contributed by atoms with Crippen molar-refractivity contribution in [2.24, 2.45) is 0 Å². The van der Waals surface area contributed by atoms with Crippen molar-refractivity contribution in [1.82, 2.24) is 14.8 Å². The zero-order valence-electron chi connectivity index (χ0n) is 16.9. The fourth-order valence-corrected chi connectivity index (χ4v) is 3.78. The fourth-order valence-electron chi connectivity index (χ4n) is 2.79. The number of amides is 1. The van der Waals surface area contributed by atoms with Crippen LogP contribution >= 0.6 is 23.4 Å². The molecule has 0 aliphatic rings. The molecule has 0 atom stereocenters. The maximum Gasteiger partial charge on any atom is 0.234 e. The highest BCUT2D eigenvalue weighted by atomic mass is 35.5. The lowest BCUT2D eigenvalue weighted by molar-refractivity contribution is -0.113. The molecule has 1 aromatic heterocycles. The molecule has 0 fully saturated rings. The van der Waals surface area contributed by atoms with Gasteiger partial charge < -0.3 is 10.1 Å². The third-order valence-corrected chi connectivity index (χ3v) is 5.55. The fraction of sp³-hybridized carbons (Fsp3) is 0.227. The first-order chi connectivity index (χ1) is 14.5. The number of anilines is 1. The van der Waals surface area contributed by atoms with Crippen molar-refractivity contribution in [3.8, 4) is 5.75 Å². The number of benzene rings is 2. The summed E-state index contributed by atoms with van der Waals surface area (Å²) in [7, 11) is 0. The van der Waals surface area contributed by atoms with Crippen molar-refractivity contribution in [2.45, 2.75) is 32.2 Å². The zero-order chi connectivity index (χ0) is 21.5. The predicted octanol–water partition coefficient (Wildman–Crippen LogP) is 5.04. The van der Waals surface area contributed by atoms with Gasteiger partial charge in [0, 0.05) is 17.3 Å². The summed E-state index contributed by atoms with van der Waals surface area (Å²) in [6.07, 6.45) is 1.76. The molecule has 30 heavy (non-hydrogen) atoms. The summed E-state index contributed by atoms with van der Waals surface area (Å²) in [6.45, 7) is 8.46. The van der Waals surface area contributed by atoms with Gasteiger partial charge in [0.1, 0.15) is 12.4 Å². The van der Waals surface area contributed by atoms with Gasteiger partial charge in [-0.2, -0.15) is 0 Å². The van der Waals surface area contributed by atoms with Crippen LogP contribution in [0.2, 0.25) is 5.02 Å². The van der Waals surface area contributed by atoms with E-state index in [1.165, 1.54) is 11.8 Å². The van der Waals surface area contributed by atoms with Crippen LogP contribution in [0.1, 0.15) is 17.0 Å². The summed E-state index contributed by atoms with van der Waals surface area (Å²) in [4.78, 5) is 12.3. The first kappa shape index (κ1) is 21.9. The number of rotatable bonds is 9. The number of hydrogen-bond donors (Lipinski definition) is 1. The van der Waals surface area contributed by atoms with Crippen molar-refractivity contribution in [3.63, 3.8) is 0 Å². The molecular weight excluding hydrogens is 420 g/mol. The minimum atomic E-state index is -0.1000. The SMILES string of the molecule is C=CCn1c(COc2ccc(Cl)cc2C)nnc1SCC(=O)Nc1ccccc1C. The largest absolute Gasteiger partial charge is 0.485 e. The average molecular weight is 443 g/mol. The Morgan fingerprint density at radius 3 is 2.77 bits per heavy atom. The number of ether oxygens (including phenoxy) is 1. The van der Waals surface area contributed by atoms with Crippen molar-refractivity contribution in [2.75, 3.05) is 11.1 Å². The van der Waals surface area contributed by atoms with E-state index in [1.54, 1.807) is 12.1 Å². The van der Waals surface area contributed by atoms with Gasteiger partial charge in [-0.05, 0) is 49.2 Å². The van der Waals surface area contributed by atoms with Gasteiger partial charge in [0.15, 0.2) is 11.0 Å². The lowest BCUT2D eigenvalue weighted by Crippen LogP contribution is -2.15. The lowest BCUT2D eigenvalue weighted by Gasteiger charge is -2.11. The summed E-state index contributed by atoms with van der Waals surface area (Å²) in [5, 5.41) is 12.7. The minimum absolute atomic E-state index is 0.1000. The molecule has 156 valence electrons. The van der Waals surface area contributed by atoms with Gasteiger partial charge >= 0.3 is 0 Å². The van der Waals surface area contributed by atoms with Gasteiger partial charge in [-0.15, -0.1) is 16.8 Å². The topological polar surface area (TPSA) is 69.0 Å². The maximum atomic E-state index is 12.3. The first-order valence-electron chi connectivity index (χ1n) is 9.38. The van der Waals surface area contributed by atoms with E-state index >= 15 is 0 Å². The minimum Gasteiger partial charge on any atom is -0.485 e. The summed E-state index contributed by atoms with van der Waals surface area (Å²) in [5.41, 5.74) is 2.77. The smallest absolute Gasteiger partial charge is 0.234 e. The Morgan fingerprint density at radius 2 is 2.03 bits per heavy atom. The van der Waals surface area contributed by atoms with Crippen LogP contribution in [-0.4, -0.2) is 26.4 Å². The molecule has 0 spiro atoms. The van der Waals surface area contributed by atoms with Crippen LogP contribution in [-0.2, 0) is 17.9 Å².